The molecule has 0 amide bonds. The standard InChI is InChI=1S/C13H18BrNO/c1-8-6-12(15-7-9(2)16)10-4-3-5-11(14)13(8)10/h3-5,8-9,12,15-16H,6-7H2,1-2H3/t8?,9-,12?/m1/s1. The normalized spacial score (nSPS) is 25.5. The molecule has 3 heteroatoms. The molecular weight excluding hydrogens is 266 g/mol. The minimum Gasteiger partial charge on any atom is -0.392 e. The molecule has 0 spiro atoms. The molecule has 1 aromatic rings. The van der Waals surface area contributed by atoms with Crippen molar-refractivity contribution in [2.75, 3.05) is 6.54 Å². The second-order valence-corrected chi connectivity index (χ2v) is 5.54. The first kappa shape index (κ1) is 12.1. The summed E-state index contributed by atoms with van der Waals surface area (Å²) in [5, 5.41) is 12.7. The van der Waals surface area contributed by atoms with Crippen LogP contribution in [0.5, 0.6) is 0 Å². The van der Waals surface area contributed by atoms with Gasteiger partial charge in [0, 0.05) is 17.1 Å². The molecule has 16 heavy (non-hydrogen) atoms. The quantitative estimate of drug-likeness (QED) is 0.894. The number of benzene rings is 1. The van der Waals surface area contributed by atoms with Crippen LogP contribution >= 0.6 is 15.9 Å². The summed E-state index contributed by atoms with van der Waals surface area (Å²) in [5.41, 5.74) is 2.80. The number of hydrogen-bond donors (Lipinski definition) is 2. The van der Waals surface area contributed by atoms with Crippen LogP contribution < -0.4 is 5.32 Å². The lowest BCUT2D eigenvalue weighted by atomic mass is 10.0. The van der Waals surface area contributed by atoms with Crippen LogP contribution in [0.2, 0.25) is 0 Å². The van der Waals surface area contributed by atoms with Crippen molar-refractivity contribution in [1.82, 2.24) is 5.32 Å². The van der Waals surface area contributed by atoms with E-state index in [4.69, 9.17) is 0 Å². The molecule has 2 N–H and O–H groups in total. The van der Waals surface area contributed by atoms with Gasteiger partial charge in [-0.05, 0) is 36.5 Å². The van der Waals surface area contributed by atoms with E-state index in [1.807, 2.05) is 6.92 Å². The molecule has 0 radical (unpaired) electrons. The summed E-state index contributed by atoms with van der Waals surface area (Å²) < 4.78 is 1.21. The van der Waals surface area contributed by atoms with Crippen molar-refractivity contribution in [3.8, 4) is 0 Å². The van der Waals surface area contributed by atoms with Crippen molar-refractivity contribution in [1.29, 1.82) is 0 Å². The molecule has 0 saturated carbocycles. The van der Waals surface area contributed by atoms with E-state index in [9.17, 15) is 5.11 Å². The molecule has 1 aromatic carbocycles. The summed E-state index contributed by atoms with van der Waals surface area (Å²) >= 11 is 3.62. The topological polar surface area (TPSA) is 32.3 Å². The molecule has 1 aliphatic carbocycles. The summed E-state index contributed by atoms with van der Waals surface area (Å²) in [4.78, 5) is 0. The van der Waals surface area contributed by atoms with Gasteiger partial charge >= 0.3 is 0 Å². The molecule has 0 heterocycles. The van der Waals surface area contributed by atoms with Crippen molar-refractivity contribution in [2.24, 2.45) is 0 Å². The minimum atomic E-state index is -0.286. The highest BCUT2D eigenvalue weighted by atomic mass is 79.9. The van der Waals surface area contributed by atoms with Gasteiger partial charge in [0.2, 0.25) is 0 Å². The Labute approximate surface area is 105 Å². The van der Waals surface area contributed by atoms with E-state index in [-0.39, 0.29) is 6.10 Å². The van der Waals surface area contributed by atoms with E-state index in [0.717, 1.165) is 6.42 Å². The van der Waals surface area contributed by atoms with Gasteiger partial charge in [0.25, 0.3) is 0 Å². The fourth-order valence-electron chi connectivity index (χ4n) is 2.48. The number of hydrogen-bond acceptors (Lipinski definition) is 2. The van der Waals surface area contributed by atoms with Gasteiger partial charge in [-0.1, -0.05) is 35.0 Å². The molecule has 2 unspecified atom stereocenters. The van der Waals surface area contributed by atoms with Crippen LogP contribution in [-0.4, -0.2) is 17.8 Å². The predicted octanol–water partition coefficient (Wildman–Crippen LogP) is 2.97. The fourth-order valence-corrected chi connectivity index (χ4v) is 3.25. The van der Waals surface area contributed by atoms with Crippen LogP contribution in [-0.2, 0) is 0 Å². The van der Waals surface area contributed by atoms with E-state index in [2.05, 4.69) is 46.4 Å². The highest BCUT2D eigenvalue weighted by Crippen LogP contribution is 2.43. The molecule has 3 atom stereocenters. The van der Waals surface area contributed by atoms with Crippen molar-refractivity contribution in [3.63, 3.8) is 0 Å². The zero-order chi connectivity index (χ0) is 11.7. The van der Waals surface area contributed by atoms with Gasteiger partial charge in [0.1, 0.15) is 0 Å². The zero-order valence-electron chi connectivity index (χ0n) is 9.70. The molecule has 0 aromatic heterocycles. The first-order valence-electron chi connectivity index (χ1n) is 5.79. The Hall–Kier alpha value is -0.380. The summed E-state index contributed by atoms with van der Waals surface area (Å²) in [5.74, 6) is 0.581. The molecule has 0 bridgehead atoms. The average molecular weight is 284 g/mol. The molecule has 2 nitrogen and oxygen atoms in total. The Morgan fingerprint density at radius 2 is 2.31 bits per heavy atom. The van der Waals surface area contributed by atoms with Crippen LogP contribution in [0.25, 0.3) is 0 Å². The zero-order valence-corrected chi connectivity index (χ0v) is 11.3. The monoisotopic (exact) mass is 283 g/mol. The smallest absolute Gasteiger partial charge is 0.0636 e. The third-order valence-electron chi connectivity index (χ3n) is 3.20. The van der Waals surface area contributed by atoms with E-state index in [1.54, 1.807) is 0 Å². The summed E-state index contributed by atoms with van der Waals surface area (Å²) in [7, 11) is 0. The van der Waals surface area contributed by atoms with Crippen molar-refractivity contribution in [2.45, 2.75) is 38.3 Å². The predicted molar refractivity (Wildman–Crippen MR) is 69.6 cm³/mol. The molecular formula is C13H18BrNO. The van der Waals surface area contributed by atoms with E-state index < -0.39 is 0 Å². The Morgan fingerprint density at radius 1 is 1.56 bits per heavy atom. The average Bonchev–Trinajstić information content (AvgIpc) is 2.54. The molecule has 0 saturated heterocycles. The Balaban J connectivity index is 2.19. The van der Waals surface area contributed by atoms with Crippen LogP contribution in [0.4, 0.5) is 0 Å². The maximum absolute atomic E-state index is 9.31. The molecule has 88 valence electrons. The Kier molecular flexibility index (Phi) is 3.67. The van der Waals surface area contributed by atoms with E-state index in [0.29, 0.717) is 18.5 Å². The SMILES string of the molecule is CC1CC(NC[C@@H](C)O)c2cccc(Br)c21. The minimum absolute atomic E-state index is 0.286. The largest absolute Gasteiger partial charge is 0.392 e. The van der Waals surface area contributed by atoms with Crippen LogP contribution in [0.1, 0.15) is 43.4 Å². The van der Waals surface area contributed by atoms with Crippen LogP contribution in [0.3, 0.4) is 0 Å². The second kappa shape index (κ2) is 4.86. The van der Waals surface area contributed by atoms with Gasteiger partial charge in [-0.25, -0.2) is 0 Å². The molecule has 0 fully saturated rings. The second-order valence-electron chi connectivity index (χ2n) is 4.69. The molecule has 2 rings (SSSR count). The van der Waals surface area contributed by atoms with E-state index in [1.165, 1.54) is 15.6 Å². The van der Waals surface area contributed by atoms with Gasteiger partial charge in [-0.3, -0.25) is 0 Å². The lowest BCUT2D eigenvalue weighted by Gasteiger charge is -2.15. The maximum atomic E-state index is 9.31. The third-order valence-corrected chi connectivity index (χ3v) is 3.90. The lowest BCUT2D eigenvalue weighted by Crippen LogP contribution is -2.27. The van der Waals surface area contributed by atoms with Crippen molar-refractivity contribution >= 4 is 15.9 Å². The Bertz CT molecular complexity index is 378. The number of rotatable bonds is 3. The number of aliphatic hydroxyl groups excluding tert-OH is 1. The number of halogens is 1. The maximum Gasteiger partial charge on any atom is 0.0636 e. The van der Waals surface area contributed by atoms with Gasteiger partial charge in [0.05, 0.1) is 6.10 Å². The lowest BCUT2D eigenvalue weighted by molar-refractivity contribution is 0.185. The third kappa shape index (κ3) is 2.31. The fraction of sp³-hybridized carbons (Fsp3) is 0.538. The first-order chi connectivity index (χ1) is 7.59. The highest BCUT2D eigenvalue weighted by molar-refractivity contribution is 9.10. The Morgan fingerprint density at radius 3 is 3.00 bits per heavy atom. The van der Waals surface area contributed by atoms with Crippen LogP contribution in [0.15, 0.2) is 22.7 Å². The number of fused-ring (bicyclic) bond motifs is 1. The number of nitrogens with one attached hydrogen (secondary N) is 1. The van der Waals surface area contributed by atoms with Crippen molar-refractivity contribution in [3.05, 3.63) is 33.8 Å². The first-order valence-corrected chi connectivity index (χ1v) is 6.58. The highest BCUT2D eigenvalue weighted by Gasteiger charge is 2.29. The number of aliphatic hydroxyl groups is 1. The summed E-state index contributed by atoms with van der Waals surface area (Å²) in [6.45, 7) is 4.73. The summed E-state index contributed by atoms with van der Waals surface area (Å²) in [6.07, 6.45) is 0.830. The van der Waals surface area contributed by atoms with Crippen molar-refractivity contribution < 1.29 is 5.11 Å². The summed E-state index contributed by atoms with van der Waals surface area (Å²) in [6, 6.07) is 6.75. The van der Waals surface area contributed by atoms with E-state index >= 15 is 0 Å². The van der Waals surface area contributed by atoms with Gasteiger partial charge in [0.15, 0.2) is 0 Å². The van der Waals surface area contributed by atoms with Gasteiger partial charge in [-0.2, -0.15) is 0 Å². The molecule has 1 aliphatic rings. The van der Waals surface area contributed by atoms with Gasteiger partial charge in [-0.15, -0.1) is 0 Å². The molecule has 0 aliphatic heterocycles. The van der Waals surface area contributed by atoms with Crippen LogP contribution in [0, 0.1) is 0 Å². The van der Waals surface area contributed by atoms with Gasteiger partial charge < -0.3 is 10.4 Å².